The van der Waals surface area contributed by atoms with Gasteiger partial charge in [-0.3, -0.25) is 9.59 Å². The fraction of sp³-hybridized carbons (Fsp3) is 0.364. The molecule has 0 spiro atoms. The maximum Gasteiger partial charge on any atom is 0.220 e. The van der Waals surface area contributed by atoms with Crippen LogP contribution >= 0.6 is 0 Å². The lowest BCUT2D eigenvalue weighted by molar-refractivity contribution is -0.121. The van der Waals surface area contributed by atoms with Gasteiger partial charge in [0.25, 0.3) is 0 Å². The average Bonchev–Trinajstić information content (AvgIpc) is 2.62. The van der Waals surface area contributed by atoms with Crippen molar-refractivity contribution in [2.45, 2.75) is 52.0 Å². The molecule has 1 amide bonds. The van der Waals surface area contributed by atoms with E-state index in [0.717, 1.165) is 36.0 Å². The van der Waals surface area contributed by atoms with Crippen LogP contribution in [-0.2, 0) is 11.2 Å². The van der Waals surface area contributed by atoms with E-state index in [2.05, 4.69) is 17.4 Å². The summed E-state index contributed by atoms with van der Waals surface area (Å²) in [6, 6.07) is 14.2. The molecule has 0 saturated heterocycles. The molecule has 0 fully saturated rings. The van der Waals surface area contributed by atoms with Crippen LogP contribution in [0.4, 0.5) is 0 Å². The highest BCUT2D eigenvalue weighted by Crippen LogP contribution is 2.29. The van der Waals surface area contributed by atoms with E-state index in [1.165, 1.54) is 11.1 Å². The number of nitrogens with one attached hydrogen (secondary N) is 1. The summed E-state index contributed by atoms with van der Waals surface area (Å²) >= 11 is 0. The number of benzene rings is 2. The van der Waals surface area contributed by atoms with Gasteiger partial charge in [0.05, 0.1) is 6.04 Å². The highest BCUT2D eigenvalue weighted by molar-refractivity contribution is 5.99. The normalized spacial score (nSPS) is 16.2. The molecule has 2 aromatic carbocycles. The third kappa shape index (κ3) is 4.16. The molecular formula is C22H25NO2. The Kier molecular flexibility index (Phi) is 5.32. The molecule has 1 aliphatic carbocycles. The molecular weight excluding hydrogens is 310 g/mol. The molecule has 3 rings (SSSR count). The summed E-state index contributed by atoms with van der Waals surface area (Å²) in [5.41, 5.74) is 5.32. The van der Waals surface area contributed by atoms with Crippen LogP contribution in [0.5, 0.6) is 0 Å². The van der Waals surface area contributed by atoms with Crippen LogP contribution in [0.1, 0.15) is 64.3 Å². The summed E-state index contributed by atoms with van der Waals surface area (Å²) in [5.74, 6) is 0.000698. The van der Waals surface area contributed by atoms with Crippen molar-refractivity contribution in [3.05, 3.63) is 70.3 Å². The van der Waals surface area contributed by atoms with Gasteiger partial charge in [-0.25, -0.2) is 0 Å². The number of Topliss-reactive ketones (excluding diaryl/α,β-unsaturated/α-hetero) is 1. The molecule has 1 N–H and O–H groups in total. The molecule has 3 heteroatoms. The first-order chi connectivity index (χ1) is 12.0. The van der Waals surface area contributed by atoms with Crippen molar-refractivity contribution < 1.29 is 9.59 Å². The Morgan fingerprint density at radius 1 is 1.08 bits per heavy atom. The van der Waals surface area contributed by atoms with Crippen molar-refractivity contribution in [2.75, 3.05) is 0 Å². The molecule has 0 saturated carbocycles. The van der Waals surface area contributed by atoms with Gasteiger partial charge in [-0.2, -0.15) is 0 Å². The van der Waals surface area contributed by atoms with E-state index >= 15 is 0 Å². The standard InChI is InChI=1S/C22H25NO2/c1-15-10-11-16(2)19(14-15)21(24)12-13-22(25)23-20-9-5-7-17-6-3-4-8-18(17)20/h3-4,6,8,10-11,14,20H,5,7,9,12-13H2,1-2H3,(H,23,25)/t20-/m1/s1. The maximum absolute atomic E-state index is 12.4. The van der Waals surface area contributed by atoms with Crippen molar-refractivity contribution >= 4 is 11.7 Å². The zero-order valence-corrected chi connectivity index (χ0v) is 15.0. The number of carbonyl (C=O) groups excluding carboxylic acids is 2. The molecule has 130 valence electrons. The highest BCUT2D eigenvalue weighted by atomic mass is 16.2. The predicted octanol–water partition coefficient (Wildman–Crippen LogP) is 4.46. The molecule has 0 bridgehead atoms. The van der Waals surface area contributed by atoms with Crippen LogP contribution in [-0.4, -0.2) is 11.7 Å². The van der Waals surface area contributed by atoms with Gasteiger partial charge >= 0.3 is 0 Å². The molecule has 0 aliphatic heterocycles. The molecule has 25 heavy (non-hydrogen) atoms. The molecule has 1 atom stereocenters. The van der Waals surface area contributed by atoms with E-state index in [1.807, 2.05) is 44.2 Å². The van der Waals surface area contributed by atoms with Gasteiger partial charge in [0, 0.05) is 18.4 Å². The summed E-state index contributed by atoms with van der Waals surface area (Å²) in [7, 11) is 0. The third-order valence-electron chi connectivity index (χ3n) is 4.98. The smallest absolute Gasteiger partial charge is 0.220 e. The minimum absolute atomic E-state index is 0.0413. The van der Waals surface area contributed by atoms with E-state index < -0.39 is 0 Å². The Morgan fingerprint density at radius 2 is 1.88 bits per heavy atom. The first-order valence-electron chi connectivity index (χ1n) is 9.02. The van der Waals surface area contributed by atoms with Crippen LogP contribution in [0.2, 0.25) is 0 Å². The van der Waals surface area contributed by atoms with Crippen LogP contribution in [0.25, 0.3) is 0 Å². The fourth-order valence-corrected chi connectivity index (χ4v) is 3.57. The quantitative estimate of drug-likeness (QED) is 0.820. The predicted molar refractivity (Wildman–Crippen MR) is 99.7 cm³/mol. The topological polar surface area (TPSA) is 46.2 Å². The van der Waals surface area contributed by atoms with Crippen molar-refractivity contribution in [1.29, 1.82) is 0 Å². The van der Waals surface area contributed by atoms with Crippen molar-refractivity contribution in [1.82, 2.24) is 5.32 Å². The number of ketones is 1. The van der Waals surface area contributed by atoms with Crippen molar-refractivity contribution in [2.24, 2.45) is 0 Å². The van der Waals surface area contributed by atoms with Gasteiger partial charge in [0.2, 0.25) is 5.91 Å². The Labute approximate surface area is 149 Å². The summed E-state index contributed by atoms with van der Waals surface area (Å²) in [5, 5.41) is 3.12. The molecule has 0 radical (unpaired) electrons. The average molecular weight is 335 g/mol. The number of rotatable bonds is 5. The second-order valence-electron chi connectivity index (χ2n) is 6.95. The Hall–Kier alpha value is -2.42. The van der Waals surface area contributed by atoms with Gasteiger partial charge < -0.3 is 5.32 Å². The fourth-order valence-electron chi connectivity index (χ4n) is 3.57. The van der Waals surface area contributed by atoms with E-state index in [0.29, 0.717) is 0 Å². The number of aryl methyl sites for hydroxylation is 3. The number of amides is 1. The summed E-state index contributed by atoms with van der Waals surface area (Å²) < 4.78 is 0. The molecule has 1 aliphatic rings. The van der Waals surface area contributed by atoms with Gasteiger partial charge in [-0.05, 0) is 55.9 Å². The minimum atomic E-state index is -0.0413. The number of carbonyl (C=O) groups is 2. The summed E-state index contributed by atoms with van der Waals surface area (Å²) in [6.45, 7) is 3.91. The van der Waals surface area contributed by atoms with E-state index in [1.54, 1.807) is 0 Å². The molecule has 0 heterocycles. The van der Waals surface area contributed by atoms with Crippen LogP contribution in [0.15, 0.2) is 42.5 Å². The molecule has 0 unspecified atom stereocenters. The maximum atomic E-state index is 12.4. The zero-order valence-electron chi connectivity index (χ0n) is 15.0. The van der Waals surface area contributed by atoms with Crippen molar-refractivity contribution in [3.8, 4) is 0 Å². The monoisotopic (exact) mass is 335 g/mol. The Bertz CT molecular complexity index is 794. The van der Waals surface area contributed by atoms with Crippen LogP contribution in [0.3, 0.4) is 0 Å². The van der Waals surface area contributed by atoms with Gasteiger partial charge in [-0.1, -0.05) is 42.0 Å². The van der Waals surface area contributed by atoms with E-state index in [4.69, 9.17) is 0 Å². The van der Waals surface area contributed by atoms with Gasteiger partial charge in [0.15, 0.2) is 5.78 Å². The lowest BCUT2D eigenvalue weighted by Gasteiger charge is -2.26. The Morgan fingerprint density at radius 3 is 2.72 bits per heavy atom. The van der Waals surface area contributed by atoms with Crippen molar-refractivity contribution in [3.63, 3.8) is 0 Å². The molecule has 3 nitrogen and oxygen atoms in total. The lowest BCUT2D eigenvalue weighted by atomic mass is 9.87. The number of hydrogen-bond acceptors (Lipinski definition) is 2. The molecule has 2 aromatic rings. The minimum Gasteiger partial charge on any atom is -0.349 e. The molecule has 0 aromatic heterocycles. The number of fused-ring (bicyclic) bond motifs is 1. The second-order valence-corrected chi connectivity index (χ2v) is 6.95. The lowest BCUT2D eigenvalue weighted by Crippen LogP contribution is -2.31. The largest absolute Gasteiger partial charge is 0.349 e. The zero-order chi connectivity index (χ0) is 17.8. The summed E-state index contributed by atoms with van der Waals surface area (Å²) in [6.07, 6.45) is 3.63. The summed E-state index contributed by atoms with van der Waals surface area (Å²) in [4.78, 5) is 24.8. The first-order valence-corrected chi connectivity index (χ1v) is 9.02. The Balaban J connectivity index is 1.59. The highest BCUT2D eigenvalue weighted by Gasteiger charge is 2.21. The van der Waals surface area contributed by atoms with Crippen LogP contribution < -0.4 is 5.32 Å². The van der Waals surface area contributed by atoms with E-state index in [-0.39, 0.29) is 30.6 Å². The van der Waals surface area contributed by atoms with Gasteiger partial charge in [0.1, 0.15) is 0 Å². The third-order valence-corrected chi connectivity index (χ3v) is 4.98. The number of hydrogen-bond donors (Lipinski definition) is 1. The van der Waals surface area contributed by atoms with E-state index in [9.17, 15) is 9.59 Å². The second kappa shape index (κ2) is 7.64. The SMILES string of the molecule is Cc1ccc(C)c(C(=O)CCC(=O)N[C@@H]2CCCc3ccccc32)c1. The first kappa shape index (κ1) is 17.4. The van der Waals surface area contributed by atoms with Gasteiger partial charge in [-0.15, -0.1) is 0 Å². The van der Waals surface area contributed by atoms with Crippen LogP contribution in [0, 0.1) is 13.8 Å².